The van der Waals surface area contributed by atoms with Crippen LogP contribution < -0.4 is 16.0 Å². The maximum atomic E-state index is 13.2. The van der Waals surface area contributed by atoms with Gasteiger partial charge in [-0.15, -0.1) is 5.06 Å². The molecule has 0 aliphatic carbocycles. The van der Waals surface area contributed by atoms with E-state index in [9.17, 15) is 24.0 Å². The van der Waals surface area contributed by atoms with E-state index in [2.05, 4.69) is 16.0 Å². The number of ether oxygens (including phenoxy) is 1. The summed E-state index contributed by atoms with van der Waals surface area (Å²) in [5.41, 5.74) is 0.0518. The van der Waals surface area contributed by atoms with Crippen LogP contribution in [-0.2, 0) is 30.4 Å². The lowest BCUT2D eigenvalue weighted by Crippen LogP contribution is -2.56. The number of imide groups is 1. The van der Waals surface area contributed by atoms with Crippen molar-refractivity contribution in [2.24, 2.45) is 5.92 Å². The number of nitrogens with zero attached hydrogens (tertiary/aromatic N) is 1. The molecule has 0 saturated carbocycles. The number of benzene rings is 1. The van der Waals surface area contributed by atoms with Crippen LogP contribution in [0.25, 0.3) is 0 Å². The van der Waals surface area contributed by atoms with Crippen LogP contribution in [0.3, 0.4) is 0 Å². The Kier molecular flexibility index (Phi) is 9.61. The van der Waals surface area contributed by atoms with E-state index in [4.69, 9.17) is 9.57 Å². The summed E-state index contributed by atoms with van der Waals surface area (Å²) in [4.78, 5) is 66.2. The van der Waals surface area contributed by atoms with Crippen molar-refractivity contribution in [3.05, 3.63) is 35.9 Å². The highest BCUT2D eigenvalue weighted by Crippen LogP contribution is 2.13. The quantitative estimate of drug-likeness (QED) is 0.356. The molecule has 1 aromatic rings. The van der Waals surface area contributed by atoms with Gasteiger partial charge in [-0.05, 0) is 38.7 Å². The summed E-state index contributed by atoms with van der Waals surface area (Å²) in [6.07, 6.45) is -2.26. The van der Waals surface area contributed by atoms with E-state index in [0.717, 1.165) is 5.56 Å². The summed E-state index contributed by atoms with van der Waals surface area (Å²) in [7, 11) is 0. The van der Waals surface area contributed by atoms with Crippen LogP contribution in [0, 0.1) is 5.92 Å². The number of nitrogens with one attached hydrogen (secondary N) is 3. The van der Waals surface area contributed by atoms with Crippen molar-refractivity contribution in [3.8, 4) is 0 Å². The molecule has 1 heterocycles. The Morgan fingerprint density at radius 3 is 2.09 bits per heavy atom. The van der Waals surface area contributed by atoms with Crippen molar-refractivity contribution < 1.29 is 33.5 Å². The molecule has 0 aromatic heterocycles. The lowest BCUT2D eigenvalue weighted by atomic mass is 10.0. The number of carbonyl (C=O) groups excluding carboxylic acids is 5. The molecule has 1 fully saturated rings. The third-order valence-electron chi connectivity index (χ3n) is 4.79. The molecule has 0 bridgehead atoms. The summed E-state index contributed by atoms with van der Waals surface area (Å²) in [6, 6.07) is 8.12. The molecular weight excluding hydrogens is 456 g/mol. The molecule has 1 aliphatic heterocycles. The van der Waals surface area contributed by atoms with Gasteiger partial charge in [-0.25, -0.2) is 9.59 Å². The summed E-state index contributed by atoms with van der Waals surface area (Å²) >= 11 is 0. The zero-order chi connectivity index (χ0) is 26.2. The van der Waals surface area contributed by atoms with Crippen molar-refractivity contribution in [2.75, 3.05) is 0 Å². The van der Waals surface area contributed by atoms with Gasteiger partial charge < -0.3 is 20.2 Å². The number of rotatable bonds is 9. The maximum absolute atomic E-state index is 13.2. The first-order chi connectivity index (χ1) is 16.3. The molecule has 0 radical (unpaired) electrons. The average molecular weight is 491 g/mol. The first-order valence-corrected chi connectivity index (χ1v) is 11.5. The largest absolute Gasteiger partial charge is 0.444 e. The second kappa shape index (κ2) is 12.2. The predicted molar refractivity (Wildman–Crippen MR) is 125 cm³/mol. The zero-order valence-electron chi connectivity index (χ0n) is 20.8. The van der Waals surface area contributed by atoms with Crippen molar-refractivity contribution >= 4 is 29.9 Å². The molecule has 3 N–H and O–H groups in total. The second-order valence-corrected chi connectivity index (χ2v) is 9.68. The molecular formula is C24H34N4O7. The minimum atomic E-state index is -1.06. The van der Waals surface area contributed by atoms with Crippen molar-refractivity contribution in [1.29, 1.82) is 0 Å². The molecule has 2 atom stereocenters. The van der Waals surface area contributed by atoms with Gasteiger partial charge in [0.2, 0.25) is 5.91 Å². The number of hydrogen-bond donors (Lipinski definition) is 3. The Morgan fingerprint density at radius 1 is 0.943 bits per heavy atom. The Balaban J connectivity index is 2.11. The summed E-state index contributed by atoms with van der Waals surface area (Å²) in [6.45, 7) is 8.91. The van der Waals surface area contributed by atoms with Crippen molar-refractivity contribution in [2.45, 2.75) is 78.1 Å². The van der Waals surface area contributed by atoms with E-state index in [-0.39, 0.29) is 25.2 Å². The lowest BCUT2D eigenvalue weighted by molar-refractivity contribution is -0.171. The second-order valence-electron chi connectivity index (χ2n) is 9.68. The molecule has 2 rings (SSSR count). The van der Waals surface area contributed by atoms with Gasteiger partial charge in [0, 0.05) is 19.3 Å². The number of alkyl carbamates (subject to hydrolysis) is 1. The molecule has 1 aromatic carbocycles. The highest BCUT2D eigenvalue weighted by Gasteiger charge is 2.34. The van der Waals surface area contributed by atoms with Gasteiger partial charge in [-0.2, -0.15) is 0 Å². The van der Waals surface area contributed by atoms with E-state index in [1.54, 1.807) is 20.8 Å². The monoisotopic (exact) mass is 490 g/mol. The Bertz CT molecular complexity index is 912. The maximum Gasteiger partial charge on any atom is 0.433 e. The normalized spacial score (nSPS) is 15.4. The topological polar surface area (TPSA) is 143 Å². The highest BCUT2D eigenvalue weighted by atomic mass is 16.7. The van der Waals surface area contributed by atoms with E-state index in [1.807, 2.05) is 44.2 Å². The first-order valence-electron chi connectivity index (χ1n) is 11.5. The Labute approximate surface area is 204 Å². The average Bonchev–Trinajstić information content (AvgIpc) is 3.04. The Morgan fingerprint density at radius 2 is 1.54 bits per heavy atom. The van der Waals surface area contributed by atoms with Crippen LogP contribution in [0.2, 0.25) is 0 Å². The molecule has 192 valence electrons. The zero-order valence-corrected chi connectivity index (χ0v) is 20.8. The highest BCUT2D eigenvalue weighted by molar-refractivity contribution is 6.01. The molecule has 1 aliphatic rings. The SMILES string of the molecule is CC(C)C[C@H](NC(=O)ON1C(=O)CCC1=O)NC(=O)[C@H](Cc1ccccc1)NC(=O)OC(C)(C)C. The van der Waals surface area contributed by atoms with Crippen LogP contribution in [0.5, 0.6) is 0 Å². The van der Waals surface area contributed by atoms with Gasteiger partial charge in [-0.1, -0.05) is 44.2 Å². The molecule has 11 nitrogen and oxygen atoms in total. The van der Waals surface area contributed by atoms with Crippen LogP contribution in [0.15, 0.2) is 30.3 Å². The molecule has 0 unspecified atom stereocenters. The fraction of sp³-hybridized carbons (Fsp3) is 0.542. The van der Waals surface area contributed by atoms with Crippen LogP contribution in [0.1, 0.15) is 59.4 Å². The van der Waals surface area contributed by atoms with Gasteiger partial charge in [0.25, 0.3) is 11.8 Å². The molecule has 5 amide bonds. The van der Waals surface area contributed by atoms with Gasteiger partial charge in [0.15, 0.2) is 0 Å². The van der Waals surface area contributed by atoms with E-state index < -0.39 is 47.7 Å². The standard InChI is InChI=1S/C24H34N4O7/c1-15(2)13-18(27-23(33)35-28-19(29)11-12-20(28)30)26-21(31)17(14-16-9-7-6-8-10-16)25-22(32)34-24(3,4)5/h6-10,15,17-18H,11-14H2,1-5H3,(H,25,32)(H,26,31)(H,27,33)/t17-,18-/m0/s1. The van der Waals surface area contributed by atoms with Gasteiger partial charge in [0.1, 0.15) is 17.8 Å². The third kappa shape index (κ3) is 9.63. The van der Waals surface area contributed by atoms with E-state index in [1.165, 1.54) is 0 Å². The number of amides is 5. The van der Waals surface area contributed by atoms with Gasteiger partial charge in [0.05, 0.1) is 0 Å². The predicted octanol–water partition coefficient (Wildman–Crippen LogP) is 2.40. The van der Waals surface area contributed by atoms with Crippen LogP contribution >= 0.6 is 0 Å². The minimum Gasteiger partial charge on any atom is -0.444 e. The van der Waals surface area contributed by atoms with E-state index >= 15 is 0 Å². The fourth-order valence-electron chi connectivity index (χ4n) is 3.32. The molecule has 0 spiro atoms. The third-order valence-corrected chi connectivity index (χ3v) is 4.79. The van der Waals surface area contributed by atoms with Crippen molar-refractivity contribution in [3.63, 3.8) is 0 Å². The smallest absolute Gasteiger partial charge is 0.433 e. The Hall–Kier alpha value is -3.63. The minimum absolute atomic E-state index is 0.0320. The summed E-state index contributed by atoms with van der Waals surface area (Å²) < 4.78 is 5.30. The fourth-order valence-corrected chi connectivity index (χ4v) is 3.32. The number of hydrogen-bond acceptors (Lipinski definition) is 7. The summed E-state index contributed by atoms with van der Waals surface area (Å²) in [5.74, 6) is -1.72. The van der Waals surface area contributed by atoms with Crippen LogP contribution in [-0.4, -0.2) is 52.8 Å². The first kappa shape index (κ1) is 27.6. The molecule has 1 saturated heterocycles. The van der Waals surface area contributed by atoms with Gasteiger partial charge >= 0.3 is 12.2 Å². The molecule has 11 heteroatoms. The van der Waals surface area contributed by atoms with E-state index in [0.29, 0.717) is 11.5 Å². The number of hydroxylamine groups is 2. The molecule has 35 heavy (non-hydrogen) atoms. The summed E-state index contributed by atoms with van der Waals surface area (Å²) in [5, 5.41) is 8.19. The van der Waals surface area contributed by atoms with Gasteiger partial charge in [-0.3, -0.25) is 19.7 Å². The van der Waals surface area contributed by atoms with Crippen molar-refractivity contribution in [1.82, 2.24) is 21.0 Å². The number of carbonyl (C=O) groups is 5. The van der Waals surface area contributed by atoms with Crippen LogP contribution in [0.4, 0.5) is 9.59 Å². The lowest BCUT2D eigenvalue weighted by Gasteiger charge is -2.27.